The fourth-order valence-electron chi connectivity index (χ4n) is 5.46. The van der Waals surface area contributed by atoms with Crippen LogP contribution in [-0.2, 0) is 35.9 Å². The van der Waals surface area contributed by atoms with Gasteiger partial charge in [-0.3, -0.25) is 9.59 Å². The van der Waals surface area contributed by atoms with Gasteiger partial charge in [-0.1, -0.05) is 42.6 Å². The van der Waals surface area contributed by atoms with E-state index in [-0.39, 0.29) is 25.0 Å². The van der Waals surface area contributed by atoms with Gasteiger partial charge in [-0.05, 0) is 55.5 Å². The number of rotatable bonds is 14. The van der Waals surface area contributed by atoms with E-state index in [1.807, 2.05) is 36.5 Å². The van der Waals surface area contributed by atoms with Crippen molar-refractivity contribution in [1.82, 2.24) is 5.06 Å². The number of amides is 2. The molecule has 236 valence electrons. The highest BCUT2D eigenvalue weighted by atomic mass is 32.2. The molecule has 0 atom stereocenters. The first-order valence-corrected chi connectivity index (χ1v) is 17.4. The van der Waals surface area contributed by atoms with Crippen molar-refractivity contribution in [2.24, 2.45) is 0 Å². The highest BCUT2D eigenvalue weighted by Crippen LogP contribution is 2.46. The summed E-state index contributed by atoms with van der Waals surface area (Å²) >= 11 is 1.64. The Morgan fingerprint density at radius 3 is 2.49 bits per heavy atom. The molecule has 2 aliphatic heterocycles. The third-order valence-corrected chi connectivity index (χ3v) is 9.61. The van der Waals surface area contributed by atoms with Crippen LogP contribution in [0.4, 0.5) is 5.69 Å². The molecule has 0 spiro atoms. The van der Waals surface area contributed by atoms with E-state index in [0.29, 0.717) is 30.9 Å². The summed E-state index contributed by atoms with van der Waals surface area (Å²) in [5, 5.41) is 2.63. The van der Waals surface area contributed by atoms with Gasteiger partial charge in [-0.15, -0.1) is 5.06 Å². The van der Waals surface area contributed by atoms with E-state index in [1.54, 1.807) is 11.8 Å². The third kappa shape index (κ3) is 8.19. The van der Waals surface area contributed by atoms with Crippen molar-refractivity contribution in [1.29, 1.82) is 0 Å². The Hall–Kier alpha value is -4.00. The number of allylic oxidation sites excluding steroid dienone is 2. The number of hydrogen-bond acceptors (Lipinski definition) is 9. The van der Waals surface area contributed by atoms with Gasteiger partial charge in [-0.2, -0.15) is 4.57 Å². The molecule has 0 aliphatic carbocycles. The quantitative estimate of drug-likeness (QED) is 0.102. The van der Waals surface area contributed by atoms with Crippen molar-refractivity contribution in [2.75, 3.05) is 17.2 Å². The summed E-state index contributed by atoms with van der Waals surface area (Å²) < 4.78 is 35.4. The Labute approximate surface area is 267 Å². The molecule has 1 saturated heterocycles. The third-order valence-electron chi connectivity index (χ3n) is 7.71. The minimum absolute atomic E-state index is 0.0762. The normalized spacial score (nSPS) is 15.7. The molecule has 0 unspecified atom stereocenters. The molecule has 2 aliphatic rings. The van der Waals surface area contributed by atoms with Crippen LogP contribution in [0.3, 0.4) is 0 Å². The summed E-state index contributed by atoms with van der Waals surface area (Å²) in [6, 6.07) is 18.2. The van der Waals surface area contributed by atoms with Gasteiger partial charge in [0.05, 0.1) is 26.2 Å². The van der Waals surface area contributed by atoms with Crippen molar-refractivity contribution >= 4 is 61.8 Å². The summed E-state index contributed by atoms with van der Waals surface area (Å²) in [4.78, 5) is 43.6. The van der Waals surface area contributed by atoms with Crippen LogP contribution in [0, 0.1) is 0 Å². The fourth-order valence-corrected chi connectivity index (χ4v) is 7.17. The lowest BCUT2D eigenvalue weighted by Crippen LogP contribution is -2.34. The van der Waals surface area contributed by atoms with Gasteiger partial charge in [0.15, 0.2) is 6.20 Å². The topological polar surface area (TPSA) is 128 Å². The zero-order chi connectivity index (χ0) is 32.0. The van der Waals surface area contributed by atoms with Crippen LogP contribution in [0.2, 0.25) is 0 Å². The zero-order valence-electron chi connectivity index (χ0n) is 24.9. The van der Waals surface area contributed by atoms with Crippen LogP contribution >= 0.6 is 11.8 Å². The molecule has 12 heteroatoms. The molecular weight excluding hydrogens is 615 g/mol. The van der Waals surface area contributed by atoms with Gasteiger partial charge in [0.25, 0.3) is 11.8 Å². The molecule has 2 amide bonds. The van der Waals surface area contributed by atoms with E-state index >= 15 is 0 Å². The van der Waals surface area contributed by atoms with Crippen molar-refractivity contribution in [2.45, 2.75) is 62.8 Å². The maximum Gasteiger partial charge on any atom is 0.333 e. The number of imide groups is 1. The second-order valence-electron chi connectivity index (χ2n) is 11.0. The van der Waals surface area contributed by atoms with Crippen LogP contribution in [0.15, 0.2) is 83.4 Å². The Balaban J connectivity index is 1.22. The van der Waals surface area contributed by atoms with Crippen LogP contribution < -0.4 is 9.47 Å². The first-order valence-electron chi connectivity index (χ1n) is 15.0. The number of fused-ring (bicyclic) bond motifs is 2. The molecule has 1 aromatic heterocycles. The Morgan fingerprint density at radius 2 is 1.71 bits per heavy atom. The van der Waals surface area contributed by atoms with Crippen molar-refractivity contribution in [3.8, 4) is 0 Å². The highest BCUT2D eigenvalue weighted by molar-refractivity contribution is 8.03. The van der Waals surface area contributed by atoms with Crippen LogP contribution in [0.1, 0.15) is 56.9 Å². The minimum Gasteiger partial charge on any atom is -0.748 e. The summed E-state index contributed by atoms with van der Waals surface area (Å²) in [5.41, 5.74) is 3.94. The van der Waals surface area contributed by atoms with E-state index in [4.69, 9.17) is 4.84 Å². The number of unbranched alkanes of at least 4 members (excludes halogenated alkanes) is 3. The van der Waals surface area contributed by atoms with Gasteiger partial charge < -0.3 is 14.3 Å². The number of carbonyl (C=O) groups is 3. The van der Waals surface area contributed by atoms with E-state index in [9.17, 15) is 27.4 Å². The minimum atomic E-state index is -4.24. The second kappa shape index (κ2) is 14.4. The Bertz CT molecular complexity index is 1750. The monoisotopic (exact) mass is 649 g/mol. The number of hydroxylamine groups is 2. The number of carbonyl (C=O) groups excluding carboxylic acids is 3. The van der Waals surface area contributed by atoms with Crippen molar-refractivity contribution < 1.29 is 36.8 Å². The highest BCUT2D eigenvalue weighted by Gasteiger charge is 2.32. The molecule has 10 nitrogen and oxygen atoms in total. The zero-order valence-corrected chi connectivity index (χ0v) is 26.5. The average molecular weight is 650 g/mol. The van der Waals surface area contributed by atoms with Gasteiger partial charge in [0.1, 0.15) is 6.54 Å². The number of hydrogen-bond donors (Lipinski definition) is 0. The Morgan fingerprint density at radius 1 is 0.978 bits per heavy atom. The maximum atomic E-state index is 12.1. The van der Waals surface area contributed by atoms with Crippen LogP contribution in [0.25, 0.3) is 16.5 Å². The number of pyridine rings is 1. The molecule has 3 aromatic rings. The molecule has 5 rings (SSSR count). The lowest BCUT2D eigenvalue weighted by molar-refractivity contribution is -0.671. The van der Waals surface area contributed by atoms with E-state index < -0.39 is 27.9 Å². The summed E-state index contributed by atoms with van der Waals surface area (Å²) in [7, 11) is -4.24. The first kappa shape index (κ1) is 32.4. The van der Waals surface area contributed by atoms with E-state index in [2.05, 4.69) is 46.4 Å². The first-order chi connectivity index (χ1) is 21.6. The lowest BCUT2D eigenvalue weighted by Gasteiger charge is -2.21. The number of thioether (sulfide) groups is 1. The average Bonchev–Trinajstić information content (AvgIpc) is 3.52. The van der Waals surface area contributed by atoms with Gasteiger partial charge in [0.2, 0.25) is 5.52 Å². The molecule has 45 heavy (non-hydrogen) atoms. The molecule has 2 aromatic carbocycles. The summed E-state index contributed by atoms with van der Waals surface area (Å²) in [5.74, 6) is -1.90. The lowest BCUT2D eigenvalue weighted by atomic mass is 10.0. The maximum absolute atomic E-state index is 12.1. The predicted molar refractivity (Wildman–Crippen MR) is 170 cm³/mol. The second-order valence-corrected chi connectivity index (χ2v) is 13.6. The number of aromatic nitrogens is 1. The van der Waals surface area contributed by atoms with E-state index in [0.717, 1.165) is 57.0 Å². The molecule has 0 N–H and O–H groups in total. The van der Waals surface area contributed by atoms with Crippen molar-refractivity contribution in [3.63, 3.8) is 0 Å². The van der Waals surface area contributed by atoms with Gasteiger partial charge in [0, 0.05) is 60.6 Å². The molecule has 0 bridgehead atoms. The molecule has 3 heterocycles. The predicted octanol–water partition coefficient (Wildman–Crippen LogP) is 5.09. The summed E-state index contributed by atoms with van der Waals surface area (Å²) in [6.45, 7) is 5.73. The number of para-hydroxylation sites is 2. The molecule has 0 saturated carbocycles. The fraction of sp³-hybridized carbons (Fsp3) is 0.333. The number of benzene rings is 2. The smallest absolute Gasteiger partial charge is 0.333 e. The molecule has 1 fully saturated rings. The van der Waals surface area contributed by atoms with Gasteiger partial charge in [-0.25, -0.2) is 13.2 Å². The van der Waals surface area contributed by atoms with Gasteiger partial charge >= 0.3 is 5.97 Å². The van der Waals surface area contributed by atoms with Crippen molar-refractivity contribution in [3.05, 3.63) is 84.0 Å². The molecule has 0 radical (unpaired) electrons. The van der Waals surface area contributed by atoms with E-state index in [1.165, 1.54) is 0 Å². The number of aryl methyl sites for hydroxylation is 1. The SMILES string of the molecule is C=C(/C=C1\Sc2ccccc2N1CCCCS(=O)(=O)[O-])c1cc[n+](CCCCCC(=O)ON2C(=O)CCC2=O)c2ccccc12. The number of nitrogens with zero attached hydrogens (tertiary/aromatic N) is 3. The van der Waals surface area contributed by atoms with Crippen LogP contribution in [0.5, 0.6) is 0 Å². The largest absolute Gasteiger partial charge is 0.748 e. The standard InChI is InChI=1S/C33H35N3O7S2/c1-24(23-32-35(20-9-10-22-45(40,41)42)28-13-6-7-14-29(28)44-32)25-18-21-34(27-12-5-4-11-26(25)27)19-8-2-3-15-33(39)43-36-30(37)16-17-31(36)38/h4-7,11-14,18,21,23H,1-3,8-10,15-17,19-20,22H2/b32-23-. The summed E-state index contributed by atoms with van der Waals surface area (Å²) in [6.07, 6.45) is 7.43. The number of anilines is 1. The Kier molecular flexibility index (Phi) is 10.4. The van der Waals surface area contributed by atoms with Crippen LogP contribution in [-0.4, -0.2) is 48.1 Å². The molecular formula is C33H35N3O7S2.